The van der Waals surface area contributed by atoms with E-state index < -0.39 is 15.1 Å². The van der Waals surface area contributed by atoms with Crippen molar-refractivity contribution in [1.82, 2.24) is 0 Å². The quantitative estimate of drug-likeness (QED) is 0.456. The average Bonchev–Trinajstić information content (AvgIpc) is 1.38. The highest BCUT2D eigenvalue weighted by atomic mass is 28.2. The highest BCUT2D eigenvalue weighted by Crippen LogP contribution is 1.56. The number of rotatable bonds is 1. The van der Waals surface area contributed by atoms with Crippen LogP contribution in [0.3, 0.4) is 0 Å². The summed E-state index contributed by atoms with van der Waals surface area (Å²) in [5.74, 6) is 0. The molecule has 0 aliphatic heterocycles. The summed E-state index contributed by atoms with van der Waals surface area (Å²) in [5, 5.41) is 7.78. The molecule has 0 aromatic carbocycles. The van der Waals surface area contributed by atoms with Gasteiger partial charge in [0.1, 0.15) is 0 Å². The maximum absolute atomic E-state index is 9.43. The second kappa shape index (κ2) is 1.96. The third-order valence-corrected chi connectivity index (χ3v) is 0.907. The van der Waals surface area contributed by atoms with Crippen molar-refractivity contribution >= 4 is 15.1 Å². The first-order chi connectivity index (χ1) is 2.27. The van der Waals surface area contributed by atoms with Crippen LogP contribution in [0.4, 0.5) is 4.79 Å². The zero-order valence-electron chi connectivity index (χ0n) is 3.06. The standard InChI is InChI=1S/C2H6O2Si/c1-5-2(3)4/h5H2,1H3,(H,3,4). The predicted octanol–water partition coefficient (Wildman–Crippen LogP) is -0.119. The molecule has 0 unspecified atom stereocenters. The average molecular weight is 90.2 g/mol. The Morgan fingerprint density at radius 1 is 2.00 bits per heavy atom. The van der Waals surface area contributed by atoms with Crippen molar-refractivity contribution in [3.8, 4) is 0 Å². The van der Waals surface area contributed by atoms with Crippen LogP contribution in [0.2, 0.25) is 6.55 Å². The van der Waals surface area contributed by atoms with E-state index in [1.54, 1.807) is 6.55 Å². The summed E-state index contributed by atoms with van der Waals surface area (Å²) in [6, 6.07) is 0. The van der Waals surface area contributed by atoms with Gasteiger partial charge in [-0.2, -0.15) is 0 Å². The van der Waals surface area contributed by atoms with Crippen LogP contribution in [0.25, 0.3) is 0 Å². The third kappa shape index (κ3) is 3.69. The fourth-order valence-corrected chi connectivity index (χ4v) is 0. The second-order valence-corrected chi connectivity index (χ2v) is 2.06. The smallest absolute Gasteiger partial charge is 0.261 e. The Balaban J connectivity index is 2.85. The summed E-state index contributed by atoms with van der Waals surface area (Å²) in [6.07, 6.45) is 0. The Hall–Kier alpha value is -0.313. The largest absolute Gasteiger partial charge is 0.486 e. The van der Waals surface area contributed by atoms with Crippen molar-refractivity contribution in [2.24, 2.45) is 0 Å². The van der Waals surface area contributed by atoms with Gasteiger partial charge in [0, 0.05) is 0 Å². The van der Waals surface area contributed by atoms with Gasteiger partial charge in [-0.25, -0.2) is 0 Å². The normalized spacial score (nSPS) is 9.80. The molecule has 0 aliphatic carbocycles. The molecule has 30 valence electrons. The van der Waals surface area contributed by atoms with Gasteiger partial charge in [0.25, 0.3) is 5.59 Å². The molecule has 0 bridgehead atoms. The molecule has 5 heavy (non-hydrogen) atoms. The minimum absolute atomic E-state index is 0.606. The van der Waals surface area contributed by atoms with Gasteiger partial charge < -0.3 is 5.11 Å². The van der Waals surface area contributed by atoms with Gasteiger partial charge in [-0.15, -0.1) is 0 Å². The van der Waals surface area contributed by atoms with Gasteiger partial charge in [0.05, 0.1) is 0 Å². The highest BCUT2D eigenvalue weighted by molar-refractivity contribution is 6.70. The van der Waals surface area contributed by atoms with E-state index in [2.05, 4.69) is 0 Å². The Bertz CT molecular complexity index is 42.9. The number of carbonyl (C=O) groups is 1. The molecule has 0 aliphatic rings. The molecule has 0 radical (unpaired) electrons. The van der Waals surface area contributed by atoms with Gasteiger partial charge in [-0.3, -0.25) is 4.79 Å². The van der Waals surface area contributed by atoms with E-state index in [-0.39, 0.29) is 0 Å². The molecular formula is C2H6O2Si. The Labute approximate surface area is 32.6 Å². The second-order valence-electron chi connectivity index (χ2n) is 0.747. The lowest BCUT2D eigenvalue weighted by Crippen LogP contribution is -1.97. The predicted molar refractivity (Wildman–Crippen MR) is 22.4 cm³/mol. The molecule has 0 heterocycles. The fourth-order valence-electron chi connectivity index (χ4n) is 0. The molecule has 0 aromatic rings. The van der Waals surface area contributed by atoms with E-state index in [1.165, 1.54) is 0 Å². The lowest BCUT2D eigenvalue weighted by atomic mass is 11.6. The summed E-state index contributed by atoms with van der Waals surface area (Å²) >= 11 is 0. The molecular weight excluding hydrogens is 84.1 g/mol. The zero-order chi connectivity index (χ0) is 4.28. The van der Waals surface area contributed by atoms with Crippen LogP contribution in [0.15, 0.2) is 0 Å². The fraction of sp³-hybridized carbons (Fsp3) is 0.500. The van der Waals surface area contributed by atoms with Crippen LogP contribution >= 0.6 is 0 Å². The molecule has 0 atom stereocenters. The molecule has 0 aromatic heterocycles. The van der Waals surface area contributed by atoms with Crippen LogP contribution in [0.1, 0.15) is 0 Å². The topological polar surface area (TPSA) is 37.3 Å². The number of carboxylic acid groups (broad SMARTS) is 1. The maximum Gasteiger partial charge on any atom is 0.261 e. The summed E-state index contributed by atoms with van der Waals surface area (Å²) in [7, 11) is -0.735. The molecule has 0 saturated heterocycles. The van der Waals surface area contributed by atoms with Crippen LogP contribution in [0, 0.1) is 0 Å². The van der Waals surface area contributed by atoms with Crippen molar-refractivity contribution in [3.63, 3.8) is 0 Å². The van der Waals surface area contributed by atoms with Crippen LogP contribution in [-0.2, 0) is 0 Å². The lowest BCUT2D eigenvalue weighted by molar-refractivity contribution is 0.220. The molecule has 2 nitrogen and oxygen atoms in total. The van der Waals surface area contributed by atoms with Gasteiger partial charge in [0.15, 0.2) is 9.52 Å². The van der Waals surface area contributed by atoms with Crippen LogP contribution in [-0.4, -0.2) is 20.2 Å². The van der Waals surface area contributed by atoms with Crippen LogP contribution < -0.4 is 0 Å². The molecule has 0 saturated carbocycles. The zero-order valence-corrected chi connectivity index (χ0v) is 4.48. The first-order valence-electron chi connectivity index (χ1n) is 1.49. The van der Waals surface area contributed by atoms with Crippen molar-refractivity contribution in [2.45, 2.75) is 6.55 Å². The molecule has 0 fully saturated rings. The highest BCUT2D eigenvalue weighted by Gasteiger charge is 1.82. The van der Waals surface area contributed by atoms with Crippen molar-refractivity contribution in [3.05, 3.63) is 0 Å². The van der Waals surface area contributed by atoms with E-state index in [0.717, 1.165) is 0 Å². The summed E-state index contributed by atoms with van der Waals surface area (Å²) < 4.78 is 0. The SMILES string of the molecule is C[SiH2]C(=O)O. The van der Waals surface area contributed by atoms with Gasteiger partial charge >= 0.3 is 0 Å². The first kappa shape index (κ1) is 4.69. The van der Waals surface area contributed by atoms with E-state index in [9.17, 15) is 4.79 Å². The van der Waals surface area contributed by atoms with Gasteiger partial charge in [-0.05, 0) is 0 Å². The minimum Gasteiger partial charge on any atom is -0.486 e. The van der Waals surface area contributed by atoms with Gasteiger partial charge in [-0.1, -0.05) is 6.55 Å². The Morgan fingerprint density at radius 3 is 2.20 bits per heavy atom. The van der Waals surface area contributed by atoms with Gasteiger partial charge in [0.2, 0.25) is 0 Å². The number of hydrogen-bond donors (Lipinski definition) is 1. The molecule has 1 N–H and O–H groups in total. The monoisotopic (exact) mass is 90.0 g/mol. The van der Waals surface area contributed by atoms with E-state index in [1.807, 2.05) is 0 Å². The van der Waals surface area contributed by atoms with E-state index in [4.69, 9.17) is 5.11 Å². The Morgan fingerprint density at radius 2 is 2.20 bits per heavy atom. The van der Waals surface area contributed by atoms with Crippen molar-refractivity contribution in [1.29, 1.82) is 0 Å². The third-order valence-electron chi connectivity index (χ3n) is 0.302. The minimum atomic E-state index is -0.735. The molecule has 0 rings (SSSR count). The first-order valence-corrected chi connectivity index (χ1v) is 3.61. The maximum atomic E-state index is 9.43. The summed E-state index contributed by atoms with van der Waals surface area (Å²) in [6.45, 7) is 1.74. The Kier molecular flexibility index (Phi) is 1.84. The van der Waals surface area contributed by atoms with E-state index in [0.29, 0.717) is 0 Å². The van der Waals surface area contributed by atoms with Crippen LogP contribution in [0.5, 0.6) is 0 Å². The molecule has 3 heteroatoms. The number of hydrogen-bond acceptors (Lipinski definition) is 1. The molecule has 0 spiro atoms. The lowest BCUT2D eigenvalue weighted by Gasteiger charge is -1.71. The van der Waals surface area contributed by atoms with Crippen molar-refractivity contribution in [2.75, 3.05) is 0 Å². The molecule has 0 amide bonds. The van der Waals surface area contributed by atoms with Crippen molar-refractivity contribution < 1.29 is 9.90 Å². The van der Waals surface area contributed by atoms with E-state index >= 15 is 0 Å². The summed E-state index contributed by atoms with van der Waals surface area (Å²) in [5.41, 5.74) is -0.606. The summed E-state index contributed by atoms with van der Waals surface area (Å²) in [4.78, 5) is 9.43.